The van der Waals surface area contributed by atoms with Crippen molar-refractivity contribution in [2.75, 3.05) is 29.9 Å². The number of nitrogens with zero attached hydrogens (tertiary/aromatic N) is 4. The molecule has 0 amide bonds. The molecule has 4 rings (SSSR count). The van der Waals surface area contributed by atoms with E-state index in [0.717, 1.165) is 37.4 Å². The summed E-state index contributed by atoms with van der Waals surface area (Å²) in [5, 5.41) is 3.23. The van der Waals surface area contributed by atoms with Crippen LogP contribution >= 0.6 is 0 Å². The number of halogens is 1. The molecular weight excluding hydrogens is 309 g/mol. The van der Waals surface area contributed by atoms with Crippen molar-refractivity contribution >= 4 is 11.8 Å². The lowest BCUT2D eigenvalue weighted by Gasteiger charge is -2.24. The Bertz CT molecular complexity index is 725. The maximum absolute atomic E-state index is 12.9. The van der Waals surface area contributed by atoms with E-state index in [1.54, 1.807) is 0 Å². The highest BCUT2D eigenvalue weighted by molar-refractivity contribution is 5.42. The fraction of sp³-hybridized carbons (Fsp3) is 0.471. The number of pyridine rings is 1. The van der Waals surface area contributed by atoms with Gasteiger partial charge < -0.3 is 15.0 Å². The molecule has 1 spiro atoms. The van der Waals surface area contributed by atoms with Gasteiger partial charge in [-0.05, 0) is 25.5 Å². The molecule has 2 aromatic rings. The lowest BCUT2D eigenvalue weighted by molar-refractivity contribution is 0.0228. The lowest BCUT2D eigenvalue weighted by Crippen LogP contribution is -2.34. The first-order valence-electron chi connectivity index (χ1n) is 8.19. The van der Waals surface area contributed by atoms with Crippen molar-refractivity contribution in [3.8, 4) is 0 Å². The molecule has 24 heavy (non-hydrogen) atoms. The Morgan fingerprint density at radius 3 is 2.96 bits per heavy atom. The number of aryl methyl sites for hydroxylation is 1. The van der Waals surface area contributed by atoms with Crippen molar-refractivity contribution in [3.05, 3.63) is 42.1 Å². The van der Waals surface area contributed by atoms with E-state index in [1.807, 2.05) is 25.1 Å². The molecule has 2 unspecified atom stereocenters. The molecule has 2 aliphatic rings. The molecule has 0 saturated carbocycles. The van der Waals surface area contributed by atoms with Gasteiger partial charge in [0.25, 0.3) is 0 Å². The van der Waals surface area contributed by atoms with Crippen LogP contribution in [0.3, 0.4) is 0 Å². The Labute approximate surface area is 140 Å². The second kappa shape index (κ2) is 5.98. The van der Waals surface area contributed by atoms with Crippen LogP contribution in [0, 0.1) is 12.7 Å². The maximum Gasteiger partial charge on any atom is 0.223 e. The number of aromatic nitrogens is 3. The predicted octanol–water partition coefficient (Wildman–Crippen LogP) is 2.17. The highest BCUT2D eigenvalue weighted by Gasteiger charge is 2.46. The molecule has 2 saturated heterocycles. The maximum atomic E-state index is 12.9. The molecule has 4 heterocycles. The first-order chi connectivity index (χ1) is 11.6. The minimum Gasteiger partial charge on any atom is -0.371 e. The first-order valence-corrected chi connectivity index (χ1v) is 8.19. The highest BCUT2D eigenvalue weighted by Crippen LogP contribution is 2.37. The van der Waals surface area contributed by atoms with Gasteiger partial charge in [0.2, 0.25) is 5.95 Å². The van der Waals surface area contributed by atoms with Crippen LogP contribution in [0.2, 0.25) is 0 Å². The molecule has 0 bridgehead atoms. The van der Waals surface area contributed by atoms with E-state index in [1.165, 1.54) is 12.4 Å². The van der Waals surface area contributed by atoms with E-state index in [2.05, 4.69) is 25.2 Å². The SMILES string of the molecule is Cc1cccc(N2CCC3(CC(Nc4ncc(F)cn4)CO3)C2)n1. The van der Waals surface area contributed by atoms with Gasteiger partial charge in [-0.15, -0.1) is 0 Å². The Morgan fingerprint density at radius 1 is 1.33 bits per heavy atom. The smallest absolute Gasteiger partial charge is 0.223 e. The Morgan fingerprint density at radius 2 is 2.17 bits per heavy atom. The van der Waals surface area contributed by atoms with Gasteiger partial charge >= 0.3 is 0 Å². The zero-order valence-electron chi connectivity index (χ0n) is 13.6. The number of hydrogen-bond acceptors (Lipinski definition) is 6. The van der Waals surface area contributed by atoms with E-state index >= 15 is 0 Å². The third kappa shape index (κ3) is 3.03. The molecule has 2 fully saturated rings. The summed E-state index contributed by atoms with van der Waals surface area (Å²) in [7, 11) is 0. The second-order valence-electron chi connectivity index (χ2n) is 6.57. The highest BCUT2D eigenvalue weighted by atomic mass is 19.1. The van der Waals surface area contributed by atoms with Crippen LogP contribution in [0.25, 0.3) is 0 Å². The molecule has 2 aliphatic heterocycles. The summed E-state index contributed by atoms with van der Waals surface area (Å²) < 4.78 is 19.0. The number of ether oxygens (including phenoxy) is 1. The summed E-state index contributed by atoms with van der Waals surface area (Å²) in [5.74, 6) is 1.02. The van der Waals surface area contributed by atoms with Gasteiger partial charge in [0, 0.05) is 25.2 Å². The van der Waals surface area contributed by atoms with Gasteiger partial charge in [-0.25, -0.2) is 19.3 Å². The quantitative estimate of drug-likeness (QED) is 0.931. The summed E-state index contributed by atoms with van der Waals surface area (Å²) in [5.41, 5.74) is 0.872. The summed E-state index contributed by atoms with van der Waals surface area (Å²) >= 11 is 0. The monoisotopic (exact) mass is 329 g/mol. The van der Waals surface area contributed by atoms with Crippen LogP contribution in [-0.4, -0.2) is 46.3 Å². The van der Waals surface area contributed by atoms with Gasteiger partial charge in [-0.1, -0.05) is 6.07 Å². The van der Waals surface area contributed by atoms with Gasteiger partial charge in [0.1, 0.15) is 5.82 Å². The molecule has 0 aliphatic carbocycles. The number of anilines is 2. The summed E-state index contributed by atoms with van der Waals surface area (Å²) in [6.07, 6.45) is 4.20. The normalized spacial score (nSPS) is 26.2. The predicted molar refractivity (Wildman–Crippen MR) is 88.5 cm³/mol. The molecule has 0 radical (unpaired) electrons. The molecular formula is C17H20FN5O. The molecule has 126 valence electrons. The van der Waals surface area contributed by atoms with Crippen molar-refractivity contribution in [3.63, 3.8) is 0 Å². The second-order valence-corrected chi connectivity index (χ2v) is 6.57. The van der Waals surface area contributed by atoms with Crippen molar-refractivity contribution in [1.29, 1.82) is 0 Å². The average molecular weight is 329 g/mol. The van der Waals surface area contributed by atoms with Gasteiger partial charge in [-0.3, -0.25) is 0 Å². The standard InChI is InChI=1S/C17H20FN5O/c1-12-3-2-4-15(21-12)23-6-5-17(11-23)7-14(10-24-17)22-16-19-8-13(18)9-20-16/h2-4,8-9,14H,5-7,10-11H2,1H3,(H,19,20,22). The third-order valence-corrected chi connectivity index (χ3v) is 4.68. The fourth-order valence-corrected chi connectivity index (χ4v) is 3.54. The van der Waals surface area contributed by atoms with Crippen LogP contribution in [0.15, 0.2) is 30.6 Å². The van der Waals surface area contributed by atoms with Crippen molar-refractivity contribution < 1.29 is 9.13 Å². The van der Waals surface area contributed by atoms with Crippen molar-refractivity contribution in [1.82, 2.24) is 15.0 Å². The van der Waals surface area contributed by atoms with Crippen LogP contribution in [0.5, 0.6) is 0 Å². The molecule has 6 nitrogen and oxygen atoms in total. The third-order valence-electron chi connectivity index (χ3n) is 4.68. The van der Waals surface area contributed by atoms with Gasteiger partial charge in [-0.2, -0.15) is 0 Å². The summed E-state index contributed by atoms with van der Waals surface area (Å²) in [4.78, 5) is 14.8. The van der Waals surface area contributed by atoms with E-state index in [4.69, 9.17) is 4.74 Å². The van der Waals surface area contributed by atoms with Crippen molar-refractivity contribution in [2.24, 2.45) is 0 Å². The molecule has 7 heteroatoms. The molecule has 1 N–H and O–H groups in total. The van der Waals surface area contributed by atoms with E-state index in [-0.39, 0.29) is 11.6 Å². The van der Waals surface area contributed by atoms with Crippen LogP contribution < -0.4 is 10.2 Å². The topological polar surface area (TPSA) is 63.2 Å². The fourth-order valence-electron chi connectivity index (χ4n) is 3.54. The van der Waals surface area contributed by atoms with Crippen molar-refractivity contribution in [2.45, 2.75) is 31.4 Å². The Hall–Kier alpha value is -2.28. The Balaban J connectivity index is 1.40. The lowest BCUT2D eigenvalue weighted by atomic mass is 9.97. The largest absolute Gasteiger partial charge is 0.371 e. The van der Waals surface area contributed by atoms with Gasteiger partial charge in [0.05, 0.1) is 30.6 Å². The molecule has 2 atom stereocenters. The summed E-state index contributed by atoms with van der Waals surface area (Å²) in [6.45, 7) is 4.39. The Kier molecular flexibility index (Phi) is 3.80. The first kappa shape index (κ1) is 15.3. The zero-order chi connectivity index (χ0) is 16.6. The van der Waals surface area contributed by atoms with E-state index < -0.39 is 5.82 Å². The minimum absolute atomic E-state index is 0.140. The molecule has 0 aromatic carbocycles. The van der Waals surface area contributed by atoms with Crippen LogP contribution in [-0.2, 0) is 4.74 Å². The summed E-state index contributed by atoms with van der Waals surface area (Å²) in [6, 6.07) is 6.22. The molecule has 2 aromatic heterocycles. The van der Waals surface area contributed by atoms with Gasteiger partial charge in [0.15, 0.2) is 5.82 Å². The zero-order valence-corrected chi connectivity index (χ0v) is 13.6. The van der Waals surface area contributed by atoms with Crippen LogP contribution in [0.1, 0.15) is 18.5 Å². The number of nitrogens with one attached hydrogen (secondary N) is 1. The van der Waals surface area contributed by atoms with E-state index in [9.17, 15) is 4.39 Å². The number of hydrogen-bond donors (Lipinski definition) is 1. The van der Waals surface area contributed by atoms with Crippen LogP contribution in [0.4, 0.5) is 16.2 Å². The minimum atomic E-state index is -0.434. The number of rotatable bonds is 3. The van der Waals surface area contributed by atoms with E-state index in [0.29, 0.717) is 12.6 Å². The average Bonchev–Trinajstić information content (AvgIpc) is 3.17.